The molecule has 8 heteroatoms. The molecule has 2 aromatic rings. The maximum atomic E-state index is 4.20. The van der Waals surface area contributed by atoms with Crippen LogP contribution in [0.25, 0.3) is 0 Å². The van der Waals surface area contributed by atoms with Crippen LogP contribution in [0.3, 0.4) is 0 Å². The average Bonchev–Trinajstić information content (AvgIpc) is 2.88. The Hall–Kier alpha value is -1.83. The molecule has 4 rings (SSSR count). The zero-order valence-corrected chi connectivity index (χ0v) is 11.3. The van der Waals surface area contributed by atoms with Crippen LogP contribution in [0.2, 0.25) is 0 Å². The lowest BCUT2D eigenvalue weighted by Crippen LogP contribution is -2.33. The van der Waals surface area contributed by atoms with Crippen molar-refractivity contribution in [2.24, 2.45) is 0 Å². The Morgan fingerprint density at radius 1 is 1.25 bits per heavy atom. The fraction of sp³-hybridized carbons (Fsp3) is 0.750. The van der Waals surface area contributed by atoms with E-state index in [1.54, 1.807) is 12.7 Å². The van der Waals surface area contributed by atoms with Gasteiger partial charge in [-0.05, 0) is 42.7 Å². The molecule has 8 nitrogen and oxygen atoms in total. The minimum atomic E-state index is 0.501. The molecule has 0 aromatic carbocycles. The first kappa shape index (κ1) is 12.0. The molecular formula is C12H18N8. The predicted octanol–water partition coefficient (Wildman–Crippen LogP) is 0.264. The van der Waals surface area contributed by atoms with Crippen molar-refractivity contribution in [1.82, 2.24) is 39.9 Å². The molecule has 0 radical (unpaired) electrons. The molecule has 2 fully saturated rings. The zero-order valence-electron chi connectivity index (χ0n) is 11.3. The van der Waals surface area contributed by atoms with E-state index in [1.807, 2.05) is 9.36 Å². The zero-order chi connectivity index (χ0) is 13.4. The van der Waals surface area contributed by atoms with Gasteiger partial charge in [-0.15, -0.1) is 5.10 Å². The summed E-state index contributed by atoms with van der Waals surface area (Å²) >= 11 is 0. The first-order chi connectivity index (χ1) is 9.90. The van der Waals surface area contributed by atoms with Gasteiger partial charge in [0.15, 0.2) is 5.82 Å². The Morgan fingerprint density at radius 3 is 3.00 bits per heavy atom. The van der Waals surface area contributed by atoms with E-state index in [2.05, 4.69) is 30.5 Å². The Bertz CT molecular complexity index is 558. The van der Waals surface area contributed by atoms with Crippen LogP contribution < -0.4 is 0 Å². The predicted molar refractivity (Wildman–Crippen MR) is 69.5 cm³/mol. The summed E-state index contributed by atoms with van der Waals surface area (Å²) in [4.78, 5) is 6.47. The largest absolute Gasteiger partial charge is 0.291 e. The van der Waals surface area contributed by atoms with Crippen LogP contribution in [0.4, 0.5) is 0 Å². The first-order valence-corrected chi connectivity index (χ1v) is 7.23. The Balaban J connectivity index is 1.45. The van der Waals surface area contributed by atoms with Gasteiger partial charge < -0.3 is 0 Å². The Kier molecular flexibility index (Phi) is 2.95. The number of hydrogen-bond acceptors (Lipinski definition) is 6. The van der Waals surface area contributed by atoms with E-state index in [4.69, 9.17) is 0 Å². The van der Waals surface area contributed by atoms with Crippen molar-refractivity contribution in [3.8, 4) is 0 Å². The van der Waals surface area contributed by atoms with E-state index >= 15 is 0 Å². The molecule has 3 heterocycles. The highest BCUT2D eigenvalue weighted by molar-refractivity contribution is 4.92. The van der Waals surface area contributed by atoms with Gasteiger partial charge in [-0.3, -0.25) is 9.58 Å². The smallest absolute Gasteiger partial charge is 0.165 e. The number of aromatic nitrogens is 7. The summed E-state index contributed by atoms with van der Waals surface area (Å²) in [6.07, 6.45) is 8.22. The van der Waals surface area contributed by atoms with E-state index in [-0.39, 0.29) is 0 Å². The second-order valence-electron chi connectivity index (χ2n) is 5.65. The van der Waals surface area contributed by atoms with E-state index in [1.165, 1.54) is 25.7 Å². The first-order valence-electron chi connectivity index (χ1n) is 7.23. The molecule has 1 saturated carbocycles. The van der Waals surface area contributed by atoms with Gasteiger partial charge >= 0.3 is 0 Å². The highest BCUT2D eigenvalue weighted by Crippen LogP contribution is 2.34. The molecule has 2 aromatic heterocycles. The average molecular weight is 274 g/mol. The quantitative estimate of drug-likeness (QED) is 0.778. The van der Waals surface area contributed by atoms with Crippen LogP contribution in [0.1, 0.15) is 37.5 Å². The highest BCUT2D eigenvalue weighted by atomic mass is 15.6. The van der Waals surface area contributed by atoms with Gasteiger partial charge in [-0.1, -0.05) is 0 Å². The molecule has 1 aliphatic heterocycles. The van der Waals surface area contributed by atoms with Crippen LogP contribution in [0.15, 0.2) is 12.7 Å². The number of likely N-dealkylation sites (tertiary alicyclic amines) is 1. The monoisotopic (exact) mass is 274 g/mol. The Labute approximate surface area is 116 Å². The van der Waals surface area contributed by atoms with E-state index in [0.29, 0.717) is 12.1 Å². The van der Waals surface area contributed by atoms with Crippen molar-refractivity contribution in [1.29, 1.82) is 0 Å². The molecule has 1 atom stereocenters. The number of nitrogens with zero attached hydrogens (tertiary/aromatic N) is 8. The summed E-state index contributed by atoms with van der Waals surface area (Å²) in [5, 5.41) is 16.4. The maximum absolute atomic E-state index is 4.20. The lowest BCUT2D eigenvalue weighted by Gasteiger charge is -2.23. The van der Waals surface area contributed by atoms with Gasteiger partial charge in [-0.2, -0.15) is 5.10 Å². The molecular weight excluding hydrogens is 256 g/mol. The van der Waals surface area contributed by atoms with Crippen molar-refractivity contribution in [3.05, 3.63) is 18.5 Å². The third kappa shape index (κ3) is 2.31. The van der Waals surface area contributed by atoms with Crippen molar-refractivity contribution in [2.75, 3.05) is 6.54 Å². The summed E-state index contributed by atoms with van der Waals surface area (Å²) in [6, 6.07) is 1.04. The van der Waals surface area contributed by atoms with Gasteiger partial charge in [0.1, 0.15) is 12.7 Å². The van der Waals surface area contributed by atoms with Crippen LogP contribution in [-0.2, 0) is 13.1 Å². The van der Waals surface area contributed by atoms with Gasteiger partial charge in [0.05, 0.1) is 19.1 Å². The molecule has 0 amide bonds. The van der Waals surface area contributed by atoms with E-state index < -0.39 is 0 Å². The lowest BCUT2D eigenvalue weighted by atomic mass is 10.2. The third-order valence-electron chi connectivity index (χ3n) is 4.16. The second-order valence-corrected chi connectivity index (χ2v) is 5.65. The number of hydrogen-bond donors (Lipinski definition) is 0. The SMILES string of the molecule is c1ncn(C[C@@H]2CCCN2Cc2nnnn2C2CC2)n1. The van der Waals surface area contributed by atoms with Crippen molar-refractivity contribution < 1.29 is 0 Å². The molecule has 106 valence electrons. The lowest BCUT2D eigenvalue weighted by molar-refractivity contribution is 0.210. The number of rotatable bonds is 5. The fourth-order valence-electron chi connectivity index (χ4n) is 2.95. The molecule has 0 N–H and O–H groups in total. The minimum Gasteiger partial charge on any atom is -0.291 e. The standard InChI is InChI=1S/C12H18N8/c1-2-11(6-19-9-13-8-14-19)18(5-1)7-12-15-16-17-20(12)10-3-4-10/h8-11H,1-7H2/t11-/m0/s1. The summed E-state index contributed by atoms with van der Waals surface area (Å²) in [7, 11) is 0. The summed E-state index contributed by atoms with van der Waals surface area (Å²) in [6.45, 7) is 2.84. The van der Waals surface area contributed by atoms with Gasteiger partial charge in [-0.25, -0.2) is 9.67 Å². The summed E-state index contributed by atoms with van der Waals surface area (Å²) in [5.41, 5.74) is 0. The molecule has 1 saturated heterocycles. The molecule has 2 aliphatic rings. The van der Waals surface area contributed by atoms with Crippen molar-refractivity contribution in [3.63, 3.8) is 0 Å². The third-order valence-corrected chi connectivity index (χ3v) is 4.16. The summed E-state index contributed by atoms with van der Waals surface area (Å²) < 4.78 is 3.91. The van der Waals surface area contributed by atoms with Crippen LogP contribution >= 0.6 is 0 Å². The van der Waals surface area contributed by atoms with Crippen LogP contribution in [-0.4, -0.2) is 52.5 Å². The summed E-state index contributed by atoms with van der Waals surface area (Å²) in [5.74, 6) is 0.998. The normalized spacial score (nSPS) is 23.5. The van der Waals surface area contributed by atoms with Crippen LogP contribution in [0.5, 0.6) is 0 Å². The molecule has 0 unspecified atom stereocenters. The van der Waals surface area contributed by atoms with Gasteiger partial charge in [0.2, 0.25) is 0 Å². The highest BCUT2D eigenvalue weighted by Gasteiger charge is 2.31. The fourth-order valence-corrected chi connectivity index (χ4v) is 2.95. The van der Waals surface area contributed by atoms with Crippen molar-refractivity contribution in [2.45, 2.75) is 50.9 Å². The number of tetrazole rings is 1. The minimum absolute atomic E-state index is 0.501. The van der Waals surface area contributed by atoms with Gasteiger partial charge in [0, 0.05) is 6.04 Å². The molecule has 0 bridgehead atoms. The molecule has 20 heavy (non-hydrogen) atoms. The maximum Gasteiger partial charge on any atom is 0.165 e. The van der Waals surface area contributed by atoms with Crippen LogP contribution in [0, 0.1) is 0 Å². The van der Waals surface area contributed by atoms with Gasteiger partial charge in [0.25, 0.3) is 0 Å². The van der Waals surface area contributed by atoms with E-state index in [9.17, 15) is 0 Å². The Morgan fingerprint density at radius 2 is 2.20 bits per heavy atom. The van der Waals surface area contributed by atoms with E-state index in [0.717, 1.165) is 25.5 Å². The topological polar surface area (TPSA) is 77.5 Å². The molecule has 0 spiro atoms. The van der Waals surface area contributed by atoms with Crippen molar-refractivity contribution >= 4 is 0 Å². The molecule has 1 aliphatic carbocycles. The second kappa shape index (κ2) is 4.93.